The molecule has 1 atom stereocenters. The minimum Gasteiger partial charge on any atom is -0.354 e. The van der Waals surface area contributed by atoms with Crippen molar-refractivity contribution >= 4 is 28.8 Å². The summed E-state index contributed by atoms with van der Waals surface area (Å²) in [4.78, 5) is 13.0. The molecule has 0 saturated heterocycles. The third-order valence-corrected chi connectivity index (χ3v) is 3.89. The molecule has 2 aromatic rings. The van der Waals surface area contributed by atoms with Crippen molar-refractivity contribution in [2.45, 2.75) is 19.4 Å². The highest BCUT2D eigenvalue weighted by Crippen LogP contribution is 2.21. The summed E-state index contributed by atoms with van der Waals surface area (Å²) >= 11 is 7.38. The third kappa shape index (κ3) is 3.34. The quantitative estimate of drug-likeness (QED) is 0.916. The number of nitrogens with one attached hydrogen (secondary N) is 1. The van der Waals surface area contributed by atoms with E-state index in [2.05, 4.69) is 10.4 Å². The maximum atomic E-state index is 11.8. The second-order valence-corrected chi connectivity index (χ2v) is 5.71. The summed E-state index contributed by atoms with van der Waals surface area (Å²) in [6, 6.07) is 5.37. The number of halogens is 1. The molecule has 96 valence electrons. The van der Waals surface area contributed by atoms with Crippen LogP contribution in [0.15, 0.2) is 30.6 Å². The zero-order chi connectivity index (χ0) is 13.0. The van der Waals surface area contributed by atoms with E-state index < -0.39 is 0 Å². The average molecular weight is 284 g/mol. The second-order valence-electron chi connectivity index (χ2n) is 3.91. The summed E-state index contributed by atoms with van der Waals surface area (Å²) in [5, 5.41) is 6.94. The number of rotatable bonds is 5. The van der Waals surface area contributed by atoms with Crippen molar-refractivity contribution in [2.24, 2.45) is 0 Å². The van der Waals surface area contributed by atoms with Gasteiger partial charge in [-0.1, -0.05) is 11.6 Å². The maximum Gasteiger partial charge on any atom is 0.244 e. The van der Waals surface area contributed by atoms with E-state index in [0.717, 1.165) is 10.8 Å². The number of aromatic nitrogens is 2. The first-order valence-corrected chi connectivity index (χ1v) is 6.87. The topological polar surface area (TPSA) is 46.9 Å². The molecule has 2 rings (SSSR count). The van der Waals surface area contributed by atoms with Crippen LogP contribution in [0.2, 0.25) is 4.34 Å². The minimum atomic E-state index is -0.285. The Labute approximate surface area is 115 Å². The molecular weight excluding hydrogens is 270 g/mol. The van der Waals surface area contributed by atoms with Gasteiger partial charge >= 0.3 is 0 Å². The van der Waals surface area contributed by atoms with Crippen molar-refractivity contribution in [1.29, 1.82) is 0 Å². The molecule has 2 aromatic heterocycles. The molecule has 0 aliphatic rings. The molecular formula is C12H14ClN3OS. The number of carbonyl (C=O) groups is 1. The van der Waals surface area contributed by atoms with Crippen LogP contribution in [0.3, 0.4) is 0 Å². The van der Waals surface area contributed by atoms with Gasteiger partial charge < -0.3 is 5.32 Å². The van der Waals surface area contributed by atoms with Crippen LogP contribution in [0.4, 0.5) is 0 Å². The summed E-state index contributed by atoms with van der Waals surface area (Å²) in [7, 11) is 0. The minimum absolute atomic E-state index is 0.0265. The molecule has 0 saturated carbocycles. The number of thiophene rings is 1. The van der Waals surface area contributed by atoms with Gasteiger partial charge in [-0.2, -0.15) is 5.10 Å². The lowest BCUT2D eigenvalue weighted by atomic mass is 10.3. The molecule has 6 heteroatoms. The SMILES string of the molecule is C[C@@H](C(=O)NCCc1ccc(Cl)s1)n1cccn1. The highest BCUT2D eigenvalue weighted by atomic mass is 35.5. The van der Waals surface area contributed by atoms with Gasteiger partial charge in [-0.25, -0.2) is 0 Å². The first-order valence-electron chi connectivity index (χ1n) is 5.68. The molecule has 0 unspecified atom stereocenters. The Morgan fingerprint density at radius 2 is 2.44 bits per heavy atom. The Morgan fingerprint density at radius 3 is 3.06 bits per heavy atom. The zero-order valence-corrected chi connectivity index (χ0v) is 11.5. The highest BCUT2D eigenvalue weighted by Gasteiger charge is 2.13. The van der Waals surface area contributed by atoms with Gasteiger partial charge in [0.1, 0.15) is 6.04 Å². The summed E-state index contributed by atoms with van der Waals surface area (Å²) in [6.07, 6.45) is 4.25. The lowest BCUT2D eigenvalue weighted by molar-refractivity contribution is -0.124. The molecule has 4 nitrogen and oxygen atoms in total. The number of hydrogen-bond acceptors (Lipinski definition) is 3. The fourth-order valence-corrected chi connectivity index (χ4v) is 2.66. The fraction of sp³-hybridized carbons (Fsp3) is 0.333. The van der Waals surface area contributed by atoms with Crippen molar-refractivity contribution < 1.29 is 4.79 Å². The van der Waals surface area contributed by atoms with E-state index in [1.165, 1.54) is 4.88 Å². The van der Waals surface area contributed by atoms with E-state index >= 15 is 0 Å². The molecule has 0 fully saturated rings. The van der Waals surface area contributed by atoms with E-state index in [1.54, 1.807) is 34.5 Å². The standard InChI is InChI=1S/C12H14ClN3OS/c1-9(16-8-2-6-15-16)12(17)14-7-5-10-3-4-11(13)18-10/h2-4,6,8-9H,5,7H2,1H3,(H,14,17)/t9-/m0/s1. The van der Waals surface area contributed by atoms with Crippen LogP contribution in [0.1, 0.15) is 17.8 Å². The van der Waals surface area contributed by atoms with Gasteiger partial charge in [-0.05, 0) is 31.5 Å². The molecule has 0 aliphatic carbocycles. The predicted octanol–water partition coefficient (Wildman–Crippen LogP) is 2.52. The summed E-state index contributed by atoms with van der Waals surface area (Å²) in [5.41, 5.74) is 0. The number of carbonyl (C=O) groups excluding carboxylic acids is 1. The number of hydrogen-bond donors (Lipinski definition) is 1. The van der Waals surface area contributed by atoms with Crippen molar-refractivity contribution in [3.63, 3.8) is 0 Å². The van der Waals surface area contributed by atoms with E-state index in [9.17, 15) is 4.79 Å². The van der Waals surface area contributed by atoms with Crippen LogP contribution in [0.5, 0.6) is 0 Å². The van der Waals surface area contributed by atoms with Gasteiger partial charge in [-0.15, -0.1) is 11.3 Å². The van der Waals surface area contributed by atoms with Gasteiger partial charge in [0.2, 0.25) is 5.91 Å². The molecule has 1 N–H and O–H groups in total. The van der Waals surface area contributed by atoms with E-state index in [4.69, 9.17) is 11.6 Å². The van der Waals surface area contributed by atoms with Crippen molar-refractivity contribution in [2.75, 3.05) is 6.54 Å². The number of nitrogens with zero attached hydrogens (tertiary/aromatic N) is 2. The molecule has 1 amide bonds. The van der Waals surface area contributed by atoms with E-state index in [1.807, 2.05) is 19.1 Å². The van der Waals surface area contributed by atoms with Crippen LogP contribution in [-0.4, -0.2) is 22.2 Å². The van der Waals surface area contributed by atoms with Gasteiger partial charge in [0.15, 0.2) is 0 Å². The largest absolute Gasteiger partial charge is 0.354 e. The van der Waals surface area contributed by atoms with Crippen molar-refractivity contribution in [1.82, 2.24) is 15.1 Å². The summed E-state index contributed by atoms with van der Waals surface area (Å²) in [6.45, 7) is 2.44. The van der Waals surface area contributed by atoms with Crippen LogP contribution >= 0.6 is 22.9 Å². The van der Waals surface area contributed by atoms with Gasteiger partial charge in [0, 0.05) is 23.8 Å². The number of amides is 1. The Balaban J connectivity index is 1.78. The molecule has 0 radical (unpaired) electrons. The van der Waals surface area contributed by atoms with E-state index in [0.29, 0.717) is 6.54 Å². The van der Waals surface area contributed by atoms with Gasteiger partial charge in [0.05, 0.1) is 4.34 Å². The monoisotopic (exact) mass is 283 g/mol. The fourth-order valence-electron chi connectivity index (χ4n) is 1.57. The second kappa shape index (κ2) is 6.02. The maximum absolute atomic E-state index is 11.8. The van der Waals surface area contributed by atoms with Crippen molar-refractivity contribution in [3.8, 4) is 0 Å². The highest BCUT2D eigenvalue weighted by molar-refractivity contribution is 7.16. The van der Waals surface area contributed by atoms with E-state index in [-0.39, 0.29) is 11.9 Å². The van der Waals surface area contributed by atoms with Crippen LogP contribution < -0.4 is 5.32 Å². The molecule has 18 heavy (non-hydrogen) atoms. The molecule has 0 aromatic carbocycles. The first kappa shape index (κ1) is 13.1. The Kier molecular flexibility index (Phi) is 4.38. The zero-order valence-electron chi connectivity index (χ0n) is 9.97. The van der Waals surface area contributed by atoms with Crippen molar-refractivity contribution in [3.05, 3.63) is 39.8 Å². The Hall–Kier alpha value is -1.33. The normalized spacial score (nSPS) is 12.3. The van der Waals surface area contributed by atoms with Crippen LogP contribution in [0, 0.1) is 0 Å². The Morgan fingerprint density at radius 1 is 1.61 bits per heavy atom. The summed E-state index contributed by atoms with van der Waals surface area (Å²) in [5.74, 6) is -0.0265. The van der Waals surface area contributed by atoms with Gasteiger partial charge in [-0.3, -0.25) is 9.48 Å². The Bertz CT molecular complexity index is 509. The third-order valence-electron chi connectivity index (χ3n) is 2.60. The predicted molar refractivity (Wildman–Crippen MR) is 73.0 cm³/mol. The van der Waals surface area contributed by atoms with Gasteiger partial charge in [0.25, 0.3) is 0 Å². The van der Waals surface area contributed by atoms with Crippen LogP contribution in [0.25, 0.3) is 0 Å². The molecule has 0 spiro atoms. The molecule has 0 aliphatic heterocycles. The average Bonchev–Trinajstić information content (AvgIpc) is 2.99. The molecule has 2 heterocycles. The molecule has 0 bridgehead atoms. The lowest BCUT2D eigenvalue weighted by Gasteiger charge is -2.12. The lowest BCUT2D eigenvalue weighted by Crippen LogP contribution is -2.32. The summed E-state index contributed by atoms with van der Waals surface area (Å²) < 4.78 is 2.42. The smallest absolute Gasteiger partial charge is 0.244 e. The first-order chi connectivity index (χ1) is 8.66. The van der Waals surface area contributed by atoms with Crippen LogP contribution in [-0.2, 0) is 11.2 Å².